The van der Waals surface area contributed by atoms with Crippen LogP contribution in [-0.4, -0.2) is 59.5 Å². The van der Waals surface area contributed by atoms with Crippen LogP contribution in [0.5, 0.6) is 5.75 Å². The summed E-state index contributed by atoms with van der Waals surface area (Å²) in [7, 11) is 0.540. The van der Waals surface area contributed by atoms with Crippen molar-refractivity contribution in [3.8, 4) is 34.7 Å². The SMILES string of the molecule is COC(=O)CC1CCN(C(=O)NP2CCc3c(-c4noc(-c5ccc(OC(C)C)c(C#N)c5)n4)cccc32)CC1. The lowest BCUT2D eigenvalue weighted by Crippen LogP contribution is -2.43. The monoisotopic (exact) mass is 561 g/mol. The molecule has 1 fully saturated rings. The van der Waals surface area contributed by atoms with Crippen LogP contribution in [0.25, 0.3) is 22.8 Å². The minimum atomic E-state index is -0.866. The third-order valence-electron chi connectivity index (χ3n) is 7.22. The molecule has 0 aliphatic carbocycles. The Morgan fingerprint density at radius 2 is 2.05 bits per heavy atom. The maximum atomic E-state index is 13.1. The highest BCUT2D eigenvalue weighted by atomic mass is 31.1. The number of hydrogen-bond donors (Lipinski definition) is 1. The van der Waals surface area contributed by atoms with E-state index in [1.807, 2.05) is 30.9 Å². The number of esters is 1. The second-order valence-electron chi connectivity index (χ2n) is 10.2. The molecule has 1 unspecified atom stereocenters. The van der Waals surface area contributed by atoms with Crippen molar-refractivity contribution in [2.45, 2.75) is 45.6 Å². The van der Waals surface area contributed by atoms with Gasteiger partial charge in [-0.3, -0.25) is 4.79 Å². The third kappa shape index (κ3) is 5.95. The van der Waals surface area contributed by atoms with Gasteiger partial charge in [0.1, 0.15) is 11.8 Å². The van der Waals surface area contributed by atoms with E-state index < -0.39 is 8.07 Å². The Morgan fingerprint density at radius 3 is 2.77 bits per heavy atom. The van der Waals surface area contributed by atoms with Crippen LogP contribution < -0.4 is 15.1 Å². The highest BCUT2D eigenvalue weighted by Crippen LogP contribution is 2.41. The molecule has 1 N–H and O–H groups in total. The van der Waals surface area contributed by atoms with Gasteiger partial charge in [-0.05, 0) is 74.3 Å². The number of carbonyl (C=O) groups is 2. The average molecular weight is 562 g/mol. The van der Waals surface area contributed by atoms with E-state index >= 15 is 0 Å². The number of hydrogen-bond acceptors (Lipinski definition) is 8. The average Bonchev–Trinajstić information content (AvgIpc) is 3.61. The van der Waals surface area contributed by atoms with E-state index in [0.717, 1.165) is 41.9 Å². The first-order chi connectivity index (χ1) is 19.4. The number of urea groups is 1. The quantitative estimate of drug-likeness (QED) is 0.327. The maximum Gasteiger partial charge on any atom is 0.320 e. The van der Waals surface area contributed by atoms with Gasteiger partial charge in [0.25, 0.3) is 5.89 Å². The van der Waals surface area contributed by atoms with Crippen molar-refractivity contribution in [1.82, 2.24) is 20.1 Å². The summed E-state index contributed by atoms with van der Waals surface area (Å²) in [6.07, 6.45) is 3.61. The predicted octanol–water partition coefficient (Wildman–Crippen LogP) is 4.63. The van der Waals surface area contributed by atoms with Crippen molar-refractivity contribution in [2.75, 3.05) is 26.4 Å². The predicted molar refractivity (Wildman–Crippen MR) is 150 cm³/mol. The Balaban J connectivity index is 1.27. The summed E-state index contributed by atoms with van der Waals surface area (Å²) in [5.41, 5.74) is 3.05. The molecule has 2 aliphatic rings. The van der Waals surface area contributed by atoms with Crippen LogP contribution in [0.3, 0.4) is 0 Å². The number of aromatic nitrogens is 2. The van der Waals surface area contributed by atoms with Crippen molar-refractivity contribution in [3.05, 3.63) is 47.5 Å². The normalized spacial score (nSPS) is 16.9. The zero-order valence-electron chi connectivity index (χ0n) is 22.8. The maximum absolute atomic E-state index is 13.1. The Morgan fingerprint density at radius 1 is 1.25 bits per heavy atom. The number of amides is 2. The number of rotatable bonds is 7. The molecular formula is C29H32N5O5P. The standard InChI is InChI=1S/C29H32N5O5P/c1-18(2)38-24-8-7-20(16-21(24)17-30)28-31-27(32-39-28)23-5-4-6-25-22(23)11-14-40(25)33-29(36)34-12-9-19(10-13-34)15-26(35)37-3/h4-8,16,18-19H,9-15H2,1-3H3,(H,33,36). The Hall–Kier alpha value is -3.96. The van der Waals surface area contributed by atoms with E-state index in [-0.39, 0.29) is 24.0 Å². The number of methoxy groups -OCH3 is 1. The first-order valence-corrected chi connectivity index (χ1v) is 15.0. The van der Waals surface area contributed by atoms with Crippen molar-refractivity contribution in [3.63, 3.8) is 0 Å². The number of benzene rings is 2. The summed E-state index contributed by atoms with van der Waals surface area (Å²) in [6, 6.07) is 13.4. The second-order valence-corrected chi connectivity index (χ2v) is 12.3. The molecule has 2 amide bonds. The fourth-order valence-corrected chi connectivity index (χ4v) is 7.28. The zero-order valence-corrected chi connectivity index (χ0v) is 23.7. The van der Waals surface area contributed by atoms with Crippen molar-refractivity contribution in [1.29, 1.82) is 5.26 Å². The molecule has 208 valence electrons. The molecule has 11 heteroatoms. The second kappa shape index (κ2) is 12.1. The lowest BCUT2D eigenvalue weighted by atomic mass is 9.94. The number of ether oxygens (including phenoxy) is 2. The van der Waals surface area contributed by atoms with Crippen LogP contribution in [-0.2, 0) is 16.0 Å². The summed E-state index contributed by atoms with van der Waals surface area (Å²) < 4.78 is 16.1. The summed E-state index contributed by atoms with van der Waals surface area (Å²) in [4.78, 5) is 31.1. The lowest BCUT2D eigenvalue weighted by molar-refractivity contribution is -0.142. The van der Waals surface area contributed by atoms with Crippen molar-refractivity contribution >= 4 is 25.4 Å². The van der Waals surface area contributed by atoms with Gasteiger partial charge < -0.3 is 24.0 Å². The van der Waals surface area contributed by atoms with Crippen LogP contribution in [0.15, 0.2) is 40.9 Å². The third-order valence-corrected chi connectivity index (χ3v) is 9.35. The first-order valence-electron chi connectivity index (χ1n) is 13.4. The zero-order chi connectivity index (χ0) is 28.2. The number of nitrogens with one attached hydrogen (secondary N) is 1. The van der Waals surface area contributed by atoms with Crippen molar-refractivity contribution < 1.29 is 23.6 Å². The minimum Gasteiger partial charge on any atom is -0.490 e. The van der Waals surface area contributed by atoms with E-state index in [4.69, 9.17) is 14.0 Å². The summed E-state index contributed by atoms with van der Waals surface area (Å²) in [6.45, 7) is 5.08. The molecule has 10 nitrogen and oxygen atoms in total. The van der Waals surface area contributed by atoms with Gasteiger partial charge in [-0.2, -0.15) is 10.2 Å². The molecule has 1 aromatic heterocycles. The van der Waals surface area contributed by atoms with Gasteiger partial charge in [-0.1, -0.05) is 23.4 Å². The van der Waals surface area contributed by atoms with Crippen LogP contribution in [0, 0.1) is 17.2 Å². The van der Waals surface area contributed by atoms with Crippen LogP contribution in [0.4, 0.5) is 4.79 Å². The smallest absolute Gasteiger partial charge is 0.320 e. The Labute approximate surface area is 234 Å². The van der Waals surface area contributed by atoms with Crippen LogP contribution >= 0.6 is 8.07 Å². The summed E-state index contributed by atoms with van der Waals surface area (Å²) in [5.74, 6) is 1.38. The number of likely N-dealkylation sites (tertiary alicyclic amines) is 1. The van der Waals surface area contributed by atoms with Gasteiger partial charge in [-0.15, -0.1) is 0 Å². The molecule has 0 spiro atoms. The molecule has 1 atom stereocenters. The molecular weight excluding hydrogens is 529 g/mol. The Kier molecular flexibility index (Phi) is 8.32. The fraction of sp³-hybridized carbons (Fsp3) is 0.414. The van der Waals surface area contributed by atoms with E-state index in [0.29, 0.717) is 48.1 Å². The van der Waals surface area contributed by atoms with Gasteiger partial charge in [0.15, 0.2) is 0 Å². The number of fused-ring (bicyclic) bond motifs is 1. The Bertz CT molecular complexity index is 1440. The number of nitrogens with zero attached hydrogens (tertiary/aromatic N) is 4. The van der Waals surface area contributed by atoms with Crippen LogP contribution in [0.2, 0.25) is 0 Å². The molecule has 0 radical (unpaired) electrons. The topological polar surface area (TPSA) is 131 Å². The molecule has 0 bridgehead atoms. The largest absolute Gasteiger partial charge is 0.490 e. The van der Waals surface area contributed by atoms with E-state index in [1.165, 1.54) is 7.11 Å². The van der Waals surface area contributed by atoms with E-state index in [9.17, 15) is 14.9 Å². The minimum absolute atomic E-state index is 0.0476. The van der Waals surface area contributed by atoms with Crippen molar-refractivity contribution in [2.24, 2.45) is 5.92 Å². The van der Waals surface area contributed by atoms with E-state index in [2.05, 4.69) is 27.4 Å². The fourth-order valence-electron chi connectivity index (χ4n) is 5.16. The van der Waals surface area contributed by atoms with Crippen LogP contribution in [0.1, 0.15) is 44.2 Å². The molecule has 2 aromatic carbocycles. The molecule has 1 saturated heterocycles. The number of nitriles is 1. The highest BCUT2D eigenvalue weighted by molar-refractivity contribution is 7.64. The highest BCUT2D eigenvalue weighted by Gasteiger charge is 2.31. The molecule has 2 aliphatic heterocycles. The van der Waals surface area contributed by atoms with Gasteiger partial charge in [0.2, 0.25) is 5.82 Å². The van der Waals surface area contributed by atoms with Gasteiger partial charge in [-0.25, -0.2) is 4.79 Å². The molecule has 40 heavy (non-hydrogen) atoms. The van der Waals surface area contributed by atoms with Gasteiger partial charge in [0, 0.05) is 38.7 Å². The lowest BCUT2D eigenvalue weighted by Gasteiger charge is -2.32. The summed E-state index contributed by atoms with van der Waals surface area (Å²) in [5, 5.41) is 18.2. The molecule has 5 rings (SSSR count). The first kappa shape index (κ1) is 27.6. The van der Waals surface area contributed by atoms with E-state index in [1.54, 1.807) is 18.2 Å². The molecule has 0 saturated carbocycles. The molecule has 3 aromatic rings. The number of piperidine rings is 1. The number of carbonyl (C=O) groups excluding carboxylic acids is 2. The molecule has 3 heterocycles. The summed E-state index contributed by atoms with van der Waals surface area (Å²) >= 11 is 0. The van der Waals surface area contributed by atoms with Gasteiger partial charge in [0.05, 0.1) is 18.8 Å². The van der Waals surface area contributed by atoms with Gasteiger partial charge >= 0.3 is 12.0 Å².